The molecule has 0 bridgehead atoms. The van der Waals surface area contributed by atoms with Gasteiger partial charge in [-0.05, 0) is 23.8 Å². The summed E-state index contributed by atoms with van der Waals surface area (Å²) in [6.07, 6.45) is 0.342. The van der Waals surface area contributed by atoms with E-state index in [9.17, 15) is 30.4 Å². The van der Waals surface area contributed by atoms with E-state index < -0.39 is 50.2 Å². The van der Waals surface area contributed by atoms with Crippen LogP contribution in [0.15, 0.2) is 29.7 Å². The summed E-state index contributed by atoms with van der Waals surface area (Å²) in [7, 11) is -2.59. The molecule has 0 aliphatic heterocycles. The van der Waals surface area contributed by atoms with Crippen molar-refractivity contribution in [3.63, 3.8) is 0 Å². The molecule has 9 heteroatoms. The lowest BCUT2D eigenvalue weighted by atomic mass is 10.1. The third-order valence-corrected chi connectivity index (χ3v) is 4.50. The quantitative estimate of drug-likeness (QED) is 0.449. The molecule has 2 aromatic rings. The van der Waals surface area contributed by atoms with Crippen molar-refractivity contribution in [3.05, 3.63) is 69.9 Å². The van der Waals surface area contributed by atoms with Crippen molar-refractivity contribution in [3.8, 4) is 5.75 Å². The Morgan fingerprint density at radius 3 is 1.84 bits per heavy atom. The van der Waals surface area contributed by atoms with Crippen molar-refractivity contribution in [1.82, 2.24) is 0 Å². The number of ether oxygens (including phenoxy) is 1. The van der Waals surface area contributed by atoms with Crippen molar-refractivity contribution in [2.24, 2.45) is 0 Å². The Hall–Kier alpha value is -2.42. The SMILES string of the molecule is COc1ccc(CS(=O)(=O)/C=C/c2c(F)c(F)c(F)c(F)c2F)cc1. The van der Waals surface area contributed by atoms with Crippen LogP contribution in [0.2, 0.25) is 0 Å². The average molecular weight is 378 g/mol. The summed E-state index contributed by atoms with van der Waals surface area (Å²) in [6, 6.07) is 5.95. The Balaban J connectivity index is 2.31. The van der Waals surface area contributed by atoms with Gasteiger partial charge in [-0.15, -0.1) is 0 Å². The summed E-state index contributed by atoms with van der Waals surface area (Å²) < 4.78 is 95.0. The molecule has 0 spiro atoms. The first-order valence-electron chi connectivity index (χ1n) is 6.71. The Morgan fingerprint density at radius 2 is 1.36 bits per heavy atom. The van der Waals surface area contributed by atoms with Crippen LogP contribution in [0.4, 0.5) is 22.0 Å². The van der Waals surface area contributed by atoms with Crippen molar-refractivity contribution in [2.75, 3.05) is 7.11 Å². The minimum atomic E-state index is -4.02. The average Bonchev–Trinajstić information content (AvgIpc) is 2.58. The van der Waals surface area contributed by atoms with E-state index in [1.165, 1.54) is 31.4 Å². The highest BCUT2D eigenvalue weighted by Crippen LogP contribution is 2.24. The second-order valence-corrected chi connectivity index (χ2v) is 6.83. The number of rotatable bonds is 5. The van der Waals surface area contributed by atoms with Crippen LogP contribution in [-0.4, -0.2) is 15.5 Å². The first-order valence-corrected chi connectivity index (χ1v) is 8.43. The molecule has 2 aromatic carbocycles. The first kappa shape index (κ1) is 18.9. The molecule has 0 atom stereocenters. The van der Waals surface area contributed by atoms with Crippen LogP contribution < -0.4 is 4.74 Å². The molecule has 0 aliphatic carbocycles. The molecule has 0 aromatic heterocycles. The molecule has 0 radical (unpaired) electrons. The minimum absolute atomic E-state index is 0.342. The summed E-state index contributed by atoms with van der Waals surface area (Å²) in [5, 5.41) is 0.398. The zero-order valence-corrected chi connectivity index (χ0v) is 13.5. The molecule has 0 fully saturated rings. The summed E-state index contributed by atoms with van der Waals surface area (Å²) in [5.74, 6) is -10.8. The minimum Gasteiger partial charge on any atom is -0.497 e. The van der Waals surface area contributed by atoms with E-state index in [0.29, 0.717) is 22.8 Å². The van der Waals surface area contributed by atoms with Crippen molar-refractivity contribution in [1.29, 1.82) is 0 Å². The molecule has 0 aliphatic rings. The fourth-order valence-corrected chi connectivity index (χ4v) is 3.04. The lowest BCUT2D eigenvalue weighted by molar-refractivity contribution is 0.377. The van der Waals surface area contributed by atoms with Gasteiger partial charge in [-0.25, -0.2) is 30.4 Å². The molecule has 0 unspecified atom stereocenters. The van der Waals surface area contributed by atoms with Gasteiger partial charge in [0.05, 0.1) is 18.4 Å². The second-order valence-electron chi connectivity index (χ2n) is 4.94. The normalized spacial score (nSPS) is 11.9. The maximum Gasteiger partial charge on any atom is 0.200 e. The van der Waals surface area contributed by atoms with Crippen LogP contribution in [0.1, 0.15) is 11.1 Å². The zero-order chi connectivity index (χ0) is 18.8. The van der Waals surface area contributed by atoms with Crippen LogP contribution in [-0.2, 0) is 15.6 Å². The van der Waals surface area contributed by atoms with E-state index >= 15 is 0 Å². The highest BCUT2D eigenvalue weighted by atomic mass is 32.2. The zero-order valence-electron chi connectivity index (χ0n) is 12.7. The maximum atomic E-state index is 13.5. The van der Waals surface area contributed by atoms with Gasteiger partial charge in [-0.2, -0.15) is 0 Å². The Kier molecular flexibility index (Phi) is 5.46. The standard InChI is InChI=1S/C16H11F5O3S/c1-24-10-4-2-9(3-5-10)8-25(22,23)7-6-11-12(17)14(19)16(21)15(20)13(11)18/h2-7H,8H2,1H3/b7-6+. The molecule has 0 heterocycles. The van der Waals surface area contributed by atoms with Crippen molar-refractivity contribution in [2.45, 2.75) is 5.75 Å². The smallest absolute Gasteiger partial charge is 0.200 e. The Bertz CT molecular complexity index is 893. The lowest BCUT2D eigenvalue weighted by Gasteiger charge is -2.05. The molecule has 134 valence electrons. The number of methoxy groups -OCH3 is 1. The van der Waals surface area contributed by atoms with Gasteiger partial charge in [0.2, 0.25) is 5.82 Å². The van der Waals surface area contributed by atoms with Gasteiger partial charge in [-0.3, -0.25) is 0 Å². The maximum absolute atomic E-state index is 13.5. The van der Waals surface area contributed by atoms with E-state index in [4.69, 9.17) is 4.74 Å². The van der Waals surface area contributed by atoms with Gasteiger partial charge in [0.1, 0.15) is 5.75 Å². The molecular weight excluding hydrogens is 367 g/mol. The van der Waals surface area contributed by atoms with Crippen LogP contribution >= 0.6 is 0 Å². The molecule has 0 saturated carbocycles. The number of hydrogen-bond acceptors (Lipinski definition) is 3. The summed E-state index contributed by atoms with van der Waals surface area (Å²) >= 11 is 0. The van der Waals surface area contributed by atoms with Crippen LogP contribution in [0, 0.1) is 29.1 Å². The molecular formula is C16H11F5O3S. The second kappa shape index (κ2) is 7.22. The predicted molar refractivity (Wildman–Crippen MR) is 80.9 cm³/mol. The summed E-state index contributed by atoms with van der Waals surface area (Å²) in [4.78, 5) is 0. The fourth-order valence-electron chi connectivity index (χ4n) is 1.94. The highest BCUT2D eigenvalue weighted by molar-refractivity contribution is 7.93. The molecule has 2 rings (SSSR count). The Labute approximate surface area is 140 Å². The number of sulfone groups is 1. The molecule has 3 nitrogen and oxygen atoms in total. The van der Waals surface area contributed by atoms with E-state index in [1.807, 2.05) is 0 Å². The van der Waals surface area contributed by atoms with Crippen LogP contribution in [0.5, 0.6) is 5.75 Å². The molecule has 0 saturated heterocycles. The third-order valence-electron chi connectivity index (χ3n) is 3.21. The third kappa shape index (κ3) is 4.16. The molecule has 0 N–H and O–H groups in total. The van der Waals surface area contributed by atoms with E-state index in [0.717, 1.165) is 0 Å². The van der Waals surface area contributed by atoms with Crippen LogP contribution in [0.25, 0.3) is 6.08 Å². The van der Waals surface area contributed by atoms with Crippen molar-refractivity contribution >= 4 is 15.9 Å². The number of halogens is 5. The Morgan fingerprint density at radius 1 is 0.880 bits per heavy atom. The highest BCUT2D eigenvalue weighted by Gasteiger charge is 2.24. The van der Waals surface area contributed by atoms with Gasteiger partial charge in [0.15, 0.2) is 33.1 Å². The first-order chi connectivity index (χ1) is 11.7. The van der Waals surface area contributed by atoms with Gasteiger partial charge >= 0.3 is 0 Å². The number of hydrogen-bond donors (Lipinski definition) is 0. The van der Waals surface area contributed by atoms with E-state index in [-0.39, 0.29) is 0 Å². The topological polar surface area (TPSA) is 43.4 Å². The largest absolute Gasteiger partial charge is 0.497 e. The molecule has 0 amide bonds. The molecule has 25 heavy (non-hydrogen) atoms. The van der Waals surface area contributed by atoms with Crippen LogP contribution in [0.3, 0.4) is 0 Å². The lowest BCUT2D eigenvalue weighted by Crippen LogP contribution is -2.05. The fraction of sp³-hybridized carbons (Fsp3) is 0.125. The number of benzene rings is 2. The van der Waals surface area contributed by atoms with Gasteiger partial charge in [0, 0.05) is 5.41 Å². The van der Waals surface area contributed by atoms with Crippen molar-refractivity contribution < 1.29 is 35.1 Å². The van der Waals surface area contributed by atoms with E-state index in [1.54, 1.807) is 0 Å². The predicted octanol–water partition coefficient (Wildman–Crippen LogP) is 3.98. The van der Waals surface area contributed by atoms with E-state index in [2.05, 4.69) is 0 Å². The van der Waals surface area contributed by atoms with Gasteiger partial charge < -0.3 is 4.74 Å². The summed E-state index contributed by atoms with van der Waals surface area (Å²) in [5.41, 5.74) is -0.974. The van der Waals surface area contributed by atoms with Gasteiger partial charge in [0.25, 0.3) is 0 Å². The van der Waals surface area contributed by atoms with Gasteiger partial charge in [-0.1, -0.05) is 12.1 Å². The summed E-state index contributed by atoms with van der Waals surface area (Å²) in [6.45, 7) is 0. The monoisotopic (exact) mass is 378 g/mol.